The Labute approximate surface area is 119 Å². The summed E-state index contributed by atoms with van der Waals surface area (Å²) in [6, 6.07) is 4.45. The zero-order valence-corrected chi connectivity index (χ0v) is 12.7. The molecule has 1 unspecified atom stereocenters. The summed E-state index contributed by atoms with van der Waals surface area (Å²) in [6.45, 7) is 0. The van der Waals surface area contributed by atoms with E-state index in [1.165, 1.54) is 19.8 Å². The van der Waals surface area contributed by atoms with E-state index in [4.69, 9.17) is 5.84 Å². The number of hydrogen-bond donors (Lipinski definition) is 2. The lowest BCUT2D eigenvalue weighted by Crippen LogP contribution is -2.28. The van der Waals surface area contributed by atoms with Gasteiger partial charge in [-0.15, -0.1) is 22.7 Å². The lowest BCUT2D eigenvalue weighted by molar-refractivity contribution is 0.647. The van der Waals surface area contributed by atoms with Gasteiger partial charge < -0.3 is 0 Å². The van der Waals surface area contributed by atoms with Crippen molar-refractivity contribution in [3.63, 3.8) is 0 Å². The molecule has 2 nitrogen and oxygen atoms in total. The highest BCUT2D eigenvalue weighted by molar-refractivity contribution is 9.10. The summed E-state index contributed by atoms with van der Waals surface area (Å²) < 4.78 is 3.77. The van der Waals surface area contributed by atoms with Crippen molar-refractivity contribution >= 4 is 59.3 Å². The van der Waals surface area contributed by atoms with Crippen molar-refractivity contribution in [1.82, 2.24) is 5.43 Å². The molecule has 0 spiro atoms. The molecule has 0 aliphatic carbocycles. The largest absolute Gasteiger partial charge is 0.271 e. The van der Waals surface area contributed by atoms with E-state index in [-0.39, 0.29) is 6.04 Å². The van der Waals surface area contributed by atoms with Gasteiger partial charge in [-0.25, -0.2) is 5.43 Å². The average Bonchev–Trinajstić information content (AvgIpc) is 2.96. The number of fused-ring (bicyclic) bond motifs is 1. The van der Waals surface area contributed by atoms with Crippen LogP contribution in [-0.4, -0.2) is 0 Å². The van der Waals surface area contributed by atoms with Crippen molar-refractivity contribution in [3.8, 4) is 0 Å². The van der Waals surface area contributed by atoms with Crippen molar-refractivity contribution < 1.29 is 0 Å². The van der Waals surface area contributed by atoms with E-state index in [0.29, 0.717) is 0 Å². The zero-order valence-electron chi connectivity index (χ0n) is 8.64. The first-order valence-electron chi connectivity index (χ1n) is 4.94. The van der Waals surface area contributed by atoms with Crippen molar-refractivity contribution in [2.45, 2.75) is 6.04 Å². The summed E-state index contributed by atoms with van der Waals surface area (Å²) in [7, 11) is 0. The van der Waals surface area contributed by atoms with Crippen LogP contribution < -0.4 is 11.3 Å². The second kappa shape index (κ2) is 4.79. The predicted octanol–water partition coefficient (Wildman–Crippen LogP) is 4.34. The summed E-state index contributed by atoms with van der Waals surface area (Å²) in [6.07, 6.45) is 0. The van der Waals surface area contributed by atoms with Crippen LogP contribution in [0.4, 0.5) is 0 Å². The average molecular weight is 345 g/mol. The van der Waals surface area contributed by atoms with Crippen molar-refractivity contribution in [1.29, 1.82) is 0 Å². The van der Waals surface area contributed by atoms with Gasteiger partial charge in [0.2, 0.25) is 0 Å². The predicted molar refractivity (Wildman–Crippen MR) is 80.9 cm³/mol. The van der Waals surface area contributed by atoms with Crippen LogP contribution in [0.25, 0.3) is 9.40 Å². The standard InChI is InChI=1S/C11H9BrN2S3/c12-7-5-15-4-6(7)11(14-13)10-3-9-8(17-10)1-2-16-9/h1-5,11,14H,13H2. The molecule has 0 aliphatic heterocycles. The number of nitrogens with one attached hydrogen (secondary N) is 1. The van der Waals surface area contributed by atoms with Gasteiger partial charge in [0.1, 0.15) is 0 Å². The van der Waals surface area contributed by atoms with Crippen LogP contribution in [0.15, 0.2) is 32.7 Å². The molecule has 0 saturated heterocycles. The van der Waals surface area contributed by atoms with E-state index in [2.05, 4.69) is 49.6 Å². The molecule has 6 heteroatoms. The maximum atomic E-state index is 5.70. The van der Waals surface area contributed by atoms with Crippen LogP contribution in [0.1, 0.15) is 16.5 Å². The summed E-state index contributed by atoms with van der Waals surface area (Å²) in [4.78, 5) is 1.26. The number of hydrazine groups is 1. The van der Waals surface area contributed by atoms with Crippen LogP contribution in [0.3, 0.4) is 0 Å². The summed E-state index contributed by atoms with van der Waals surface area (Å²) in [5.74, 6) is 5.70. The van der Waals surface area contributed by atoms with E-state index in [9.17, 15) is 0 Å². The van der Waals surface area contributed by atoms with Crippen LogP contribution >= 0.6 is 49.9 Å². The van der Waals surface area contributed by atoms with Crippen LogP contribution in [0.2, 0.25) is 0 Å². The Balaban J connectivity index is 2.06. The third kappa shape index (κ3) is 2.09. The van der Waals surface area contributed by atoms with Crippen LogP contribution in [0.5, 0.6) is 0 Å². The Morgan fingerprint density at radius 3 is 2.82 bits per heavy atom. The zero-order chi connectivity index (χ0) is 11.8. The number of hydrogen-bond acceptors (Lipinski definition) is 5. The summed E-state index contributed by atoms with van der Waals surface area (Å²) in [5, 5.41) is 6.33. The second-order valence-electron chi connectivity index (χ2n) is 3.57. The maximum Gasteiger partial charge on any atom is 0.0822 e. The molecule has 3 aromatic rings. The minimum absolute atomic E-state index is 0.0697. The van der Waals surface area contributed by atoms with E-state index < -0.39 is 0 Å². The molecule has 0 aliphatic rings. The van der Waals surface area contributed by atoms with Gasteiger partial charge in [0, 0.05) is 29.7 Å². The van der Waals surface area contributed by atoms with E-state index in [0.717, 1.165) is 4.47 Å². The normalized spacial score (nSPS) is 13.3. The van der Waals surface area contributed by atoms with E-state index in [1.54, 1.807) is 34.0 Å². The molecule has 0 bridgehead atoms. The third-order valence-corrected chi connectivity index (χ3v) is 6.47. The Hall–Kier alpha value is -0.240. The first-order chi connectivity index (χ1) is 8.29. The maximum absolute atomic E-state index is 5.70. The van der Waals surface area contributed by atoms with E-state index in [1.807, 2.05) is 0 Å². The fourth-order valence-electron chi connectivity index (χ4n) is 1.75. The molecule has 0 fully saturated rings. The van der Waals surface area contributed by atoms with E-state index >= 15 is 0 Å². The van der Waals surface area contributed by atoms with Gasteiger partial charge in [-0.2, -0.15) is 11.3 Å². The molecular weight excluding hydrogens is 336 g/mol. The number of rotatable bonds is 3. The van der Waals surface area contributed by atoms with Crippen LogP contribution in [-0.2, 0) is 0 Å². The lowest BCUT2D eigenvalue weighted by atomic mass is 10.1. The van der Waals surface area contributed by atoms with Gasteiger partial charge in [-0.1, -0.05) is 0 Å². The first-order valence-corrected chi connectivity index (χ1v) is 8.37. The highest BCUT2D eigenvalue weighted by atomic mass is 79.9. The third-order valence-electron chi connectivity index (χ3n) is 2.56. The minimum atomic E-state index is 0.0697. The Bertz CT molecular complexity index is 611. The molecular formula is C11H9BrN2S3. The van der Waals surface area contributed by atoms with Gasteiger partial charge >= 0.3 is 0 Å². The number of thiophene rings is 3. The Morgan fingerprint density at radius 2 is 2.18 bits per heavy atom. The quantitative estimate of drug-likeness (QED) is 0.547. The second-order valence-corrected chi connectivity index (χ2v) is 7.23. The van der Waals surface area contributed by atoms with Gasteiger partial charge in [0.25, 0.3) is 0 Å². The van der Waals surface area contributed by atoms with Crippen molar-refractivity contribution in [2.24, 2.45) is 5.84 Å². The SMILES string of the molecule is NNC(c1cc2sccc2s1)c1cscc1Br. The van der Waals surface area contributed by atoms with Gasteiger partial charge in [-0.3, -0.25) is 5.84 Å². The van der Waals surface area contributed by atoms with Crippen molar-refractivity contribution in [3.05, 3.63) is 43.2 Å². The van der Waals surface area contributed by atoms with Crippen LogP contribution in [0, 0.1) is 0 Å². The minimum Gasteiger partial charge on any atom is -0.271 e. The molecule has 0 radical (unpaired) electrons. The Morgan fingerprint density at radius 1 is 1.29 bits per heavy atom. The monoisotopic (exact) mass is 344 g/mol. The summed E-state index contributed by atoms with van der Waals surface area (Å²) >= 11 is 8.81. The van der Waals surface area contributed by atoms with Gasteiger partial charge in [0.05, 0.1) is 6.04 Å². The topological polar surface area (TPSA) is 38.0 Å². The molecule has 3 heterocycles. The lowest BCUT2D eigenvalue weighted by Gasteiger charge is -2.13. The molecule has 0 saturated carbocycles. The number of nitrogens with two attached hydrogens (primary N) is 1. The first kappa shape index (κ1) is 11.8. The highest BCUT2D eigenvalue weighted by Gasteiger charge is 2.18. The molecule has 17 heavy (non-hydrogen) atoms. The molecule has 88 valence electrons. The fraction of sp³-hybridized carbons (Fsp3) is 0.0909. The molecule has 0 amide bonds. The molecule has 3 rings (SSSR count). The molecule has 3 aromatic heterocycles. The smallest absolute Gasteiger partial charge is 0.0822 e. The van der Waals surface area contributed by atoms with Gasteiger partial charge in [-0.05, 0) is 38.8 Å². The van der Waals surface area contributed by atoms with Gasteiger partial charge in [0.15, 0.2) is 0 Å². The summed E-state index contributed by atoms with van der Waals surface area (Å²) in [5.41, 5.74) is 4.10. The highest BCUT2D eigenvalue weighted by Crippen LogP contribution is 2.38. The molecule has 1 atom stereocenters. The Kier molecular flexibility index (Phi) is 3.34. The fourth-order valence-corrected chi connectivity index (χ4v) is 5.50. The molecule has 0 aromatic carbocycles. The molecule has 3 N–H and O–H groups in total. The number of halogens is 1. The van der Waals surface area contributed by atoms with Crippen molar-refractivity contribution in [2.75, 3.05) is 0 Å².